The molecule has 31 heavy (non-hydrogen) atoms. The molecule has 0 bridgehead atoms. The molecule has 0 atom stereocenters. The van der Waals surface area contributed by atoms with Crippen molar-refractivity contribution in [1.82, 2.24) is 5.43 Å². The van der Waals surface area contributed by atoms with E-state index >= 15 is 0 Å². The summed E-state index contributed by atoms with van der Waals surface area (Å²) in [5, 5.41) is 6.13. The summed E-state index contributed by atoms with van der Waals surface area (Å²) < 4.78 is 11.0. The predicted octanol–water partition coefficient (Wildman–Crippen LogP) is 4.61. The van der Waals surface area contributed by atoms with Gasteiger partial charge in [-0.3, -0.25) is 4.79 Å². The minimum absolute atomic E-state index is 0.331. The quantitative estimate of drug-likeness (QED) is 0.470. The number of hydrogen-bond donors (Lipinski definition) is 1. The normalized spacial score (nSPS) is 14.1. The molecule has 3 aromatic rings. The van der Waals surface area contributed by atoms with Gasteiger partial charge in [0.25, 0.3) is 5.91 Å². The molecular formula is C25H27N3O3. The number of piperidine rings is 1. The summed E-state index contributed by atoms with van der Waals surface area (Å²) in [5.41, 5.74) is 4.99. The summed E-state index contributed by atoms with van der Waals surface area (Å²) in [6.07, 6.45) is 5.33. The van der Waals surface area contributed by atoms with Gasteiger partial charge in [-0.1, -0.05) is 24.3 Å². The van der Waals surface area contributed by atoms with Crippen LogP contribution in [0.4, 0.5) is 5.69 Å². The number of ether oxygens (including phenoxy) is 2. The van der Waals surface area contributed by atoms with E-state index in [1.165, 1.54) is 19.3 Å². The maximum Gasteiger partial charge on any atom is 0.275 e. The average Bonchev–Trinajstić information content (AvgIpc) is 2.83. The average molecular weight is 418 g/mol. The summed E-state index contributed by atoms with van der Waals surface area (Å²) in [6.45, 7) is 2.14. The third-order valence-corrected chi connectivity index (χ3v) is 5.62. The number of fused-ring (bicyclic) bond motifs is 1. The molecule has 0 unspecified atom stereocenters. The molecule has 160 valence electrons. The van der Waals surface area contributed by atoms with E-state index in [2.05, 4.69) is 21.5 Å². The first-order valence-corrected chi connectivity index (χ1v) is 10.5. The smallest absolute Gasteiger partial charge is 0.275 e. The van der Waals surface area contributed by atoms with Crippen molar-refractivity contribution in [3.05, 3.63) is 65.7 Å². The van der Waals surface area contributed by atoms with E-state index in [9.17, 15) is 4.79 Å². The van der Waals surface area contributed by atoms with E-state index in [1.54, 1.807) is 20.4 Å². The van der Waals surface area contributed by atoms with Gasteiger partial charge < -0.3 is 14.4 Å². The largest absolute Gasteiger partial charge is 0.496 e. The number of amides is 1. The first-order chi connectivity index (χ1) is 15.2. The molecule has 1 aliphatic rings. The molecule has 0 aromatic heterocycles. The molecule has 0 saturated carbocycles. The van der Waals surface area contributed by atoms with Gasteiger partial charge in [0.15, 0.2) is 0 Å². The van der Waals surface area contributed by atoms with Crippen LogP contribution in [0.3, 0.4) is 0 Å². The van der Waals surface area contributed by atoms with E-state index in [0.29, 0.717) is 11.3 Å². The zero-order valence-electron chi connectivity index (χ0n) is 17.9. The Morgan fingerprint density at radius 3 is 2.35 bits per heavy atom. The van der Waals surface area contributed by atoms with Gasteiger partial charge in [-0.15, -0.1) is 0 Å². The molecule has 0 radical (unpaired) electrons. The van der Waals surface area contributed by atoms with Crippen LogP contribution in [0.25, 0.3) is 10.8 Å². The fraction of sp³-hybridized carbons (Fsp3) is 0.280. The molecule has 6 heteroatoms. The minimum atomic E-state index is -0.331. The van der Waals surface area contributed by atoms with E-state index in [-0.39, 0.29) is 5.91 Å². The third kappa shape index (κ3) is 4.63. The van der Waals surface area contributed by atoms with Crippen LogP contribution < -0.4 is 19.8 Å². The Labute approximate surface area is 182 Å². The van der Waals surface area contributed by atoms with Gasteiger partial charge in [-0.2, -0.15) is 5.10 Å². The lowest BCUT2D eigenvalue weighted by Crippen LogP contribution is -2.29. The summed E-state index contributed by atoms with van der Waals surface area (Å²) in [6, 6.07) is 17.6. The zero-order chi connectivity index (χ0) is 21.6. The highest BCUT2D eigenvalue weighted by molar-refractivity contribution is 6.02. The van der Waals surface area contributed by atoms with Crippen LogP contribution in [0.15, 0.2) is 59.7 Å². The number of methoxy groups -OCH3 is 2. The first-order valence-electron chi connectivity index (χ1n) is 10.5. The van der Waals surface area contributed by atoms with Crippen LogP contribution in [0, 0.1) is 0 Å². The monoisotopic (exact) mass is 417 g/mol. The van der Waals surface area contributed by atoms with Crippen molar-refractivity contribution < 1.29 is 14.3 Å². The van der Waals surface area contributed by atoms with E-state index in [4.69, 9.17) is 9.47 Å². The van der Waals surface area contributed by atoms with Crippen molar-refractivity contribution in [1.29, 1.82) is 0 Å². The van der Waals surface area contributed by atoms with Gasteiger partial charge in [0.05, 0.1) is 26.0 Å². The van der Waals surface area contributed by atoms with Crippen molar-refractivity contribution >= 4 is 28.6 Å². The van der Waals surface area contributed by atoms with Crippen molar-refractivity contribution in [3.63, 3.8) is 0 Å². The number of carbonyl (C=O) groups is 1. The number of hydrazone groups is 1. The van der Waals surface area contributed by atoms with Crippen molar-refractivity contribution in [3.8, 4) is 11.5 Å². The summed E-state index contributed by atoms with van der Waals surface area (Å²) in [4.78, 5) is 15.1. The van der Waals surface area contributed by atoms with E-state index in [1.807, 2.05) is 48.5 Å². The van der Waals surface area contributed by atoms with Crippen molar-refractivity contribution in [2.24, 2.45) is 5.10 Å². The fourth-order valence-corrected chi connectivity index (χ4v) is 3.94. The summed E-state index contributed by atoms with van der Waals surface area (Å²) in [7, 11) is 3.20. The second-order valence-electron chi connectivity index (χ2n) is 7.57. The highest BCUT2D eigenvalue weighted by atomic mass is 16.5. The lowest BCUT2D eigenvalue weighted by Gasteiger charge is -2.29. The Balaban J connectivity index is 1.50. The standard InChI is InChI=1S/C25H27N3O3/c1-30-23-16-21(28-12-6-3-7-13-28)11-10-20(23)17-26-27-25(29)22-14-18-8-4-5-9-19(18)15-24(22)31-2/h4-5,8-11,14-17H,3,6-7,12-13H2,1-2H3,(H,27,29). The zero-order valence-corrected chi connectivity index (χ0v) is 17.9. The number of benzene rings is 3. The molecular weight excluding hydrogens is 390 g/mol. The third-order valence-electron chi connectivity index (χ3n) is 5.62. The second kappa shape index (κ2) is 9.51. The molecule has 1 aliphatic heterocycles. The Morgan fingerprint density at radius 1 is 0.935 bits per heavy atom. The summed E-state index contributed by atoms with van der Waals surface area (Å²) >= 11 is 0. The predicted molar refractivity (Wildman–Crippen MR) is 125 cm³/mol. The van der Waals surface area contributed by atoms with Gasteiger partial charge in [0.2, 0.25) is 0 Å². The number of nitrogens with one attached hydrogen (secondary N) is 1. The molecule has 1 fully saturated rings. The van der Waals surface area contributed by atoms with Crippen LogP contribution in [0.1, 0.15) is 35.2 Å². The molecule has 6 nitrogen and oxygen atoms in total. The molecule has 0 spiro atoms. The van der Waals surface area contributed by atoms with Crippen LogP contribution in [-0.4, -0.2) is 39.4 Å². The number of nitrogens with zero attached hydrogens (tertiary/aromatic N) is 2. The topological polar surface area (TPSA) is 63.2 Å². The number of carbonyl (C=O) groups excluding carboxylic acids is 1. The fourth-order valence-electron chi connectivity index (χ4n) is 3.94. The van der Waals surface area contributed by atoms with Crippen molar-refractivity contribution in [2.45, 2.75) is 19.3 Å². The number of hydrogen-bond acceptors (Lipinski definition) is 5. The second-order valence-corrected chi connectivity index (χ2v) is 7.57. The van der Waals surface area contributed by atoms with Crippen LogP contribution in [0.5, 0.6) is 11.5 Å². The van der Waals surface area contributed by atoms with Gasteiger partial charge in [0.1, 0.15) is 11.5 Å². The summed E-state index contributed by atoms with van der Waals surface area (Å²) in [5.74, 6) is 0.905. The lowest BCUT2D eigenvalue weighted by molar-refractivity contribution is 0.0952. The molecule has 4 rings (SSSR count). The van der Waals surface area contributed by atoms with Crippen LogP contribution >= 0.6 is 0 Å². The molecule has 1 heterocycles. The number of rotatable bonds is 6. The van der Waals surface area contributed by atoms with Gasteiger partial charge >= 0.3 is 0 Å². The Hall–Kier alpha value is -3.54. The minimum Gasteiger partial charge on any atom is -0.496 e. The van der Waals surface area contributed by atoms with E-state index in [0.717, 1.165) is 40.9 Å². The Bertz CT molecular complexity index is 1100. The maximum atomic E-state index is 12.7. The SMILES string of the molecule is COc1cc(N2CCCCC2)ccc1C=NNC(=O)c1cc2ccccc2cc1OC. The van der Waals surface area contributed by atoms with Gasteiger partial charge in [-0.05, 0) is 54.3 Å². The molecule has 3 aromatic carbocycles. The highest BCUT2D eigenvalue weighted by Gasteiger charge is 2.14. The first kappa shape index (κ1) is 20.7. The van der Waals surface area contributed by atoms with Crippen LogP contribution in [0.2, 0.25) is 0 Å². The lowest BCUT2D eigenvalue weighted by atomic mass is 10.1. The molecule has 1 amide bonds. The van der Waals surface area contributed by atoms with Crippen LogP contribution in [-0.2, 0) is 0 Å². The Morgan fingerprint density at radius 2 is 1.65 bits per heavy atom. The molecule has 1 saturated heterocycles. The maximum absolute atomic E-state index is 12.7. The molecule has 0 aliphatic carbocycles. The van der Waals surface area contributed by atoms with E-state index < -0.39 is 0 Å². The highest BCUT2D eigenvalue weighted by Crippen LogP contribution is 2.28. The van der Waals surface area contributed by atoms with Gasteiger partial charge in [-0.25, -0.2) is 5.43 Å². The number of anilines is 1. The van der Waals surface area contributed by atoms with Crippen molar-refractivity contribution in [2.75, 3.05) is 32.2 Å². The van der Waals surface area contributed by atoms with Gasteiger partial charge in [0, 0.05) is 30.4 Å². The Kier molecular flexibility index (Phi) is 6.36. The molecule has 1 N–H and O–H groups in total.